The summed E-state index contributed by atoms with van der Waals surface area (Å²) >= 11 is 2.11. The highest BCUT2D eigenvalue weighted by Gasteiger charge is 2.37. The van der Waals surface area contributed by atoms with E-state index in [-0.39, 0.29) is 0 Å². The molecular formula is C16H20O2S. The summed E-state index contributed by atoms with van der Waals surface area (Å²) in [5, 5.41) is 1.50. The number of ketones is 1. The van der Waals surface area contributed by atoms with Crippen LogP contribution in [0.1, 0.15) is 31.2 Å². The van der Waals surface area contributed by atoms with Crippen molar-refractivity contribution in [3.05, 3.63) is 29.8 Å². The number of benzene rings is 1. The van der Waals surface area contributed by atoms with Crippen molar-refractivity contribution in [2.45, 2.75) is 42.6 Å². The largest absolute Gasteiger partial charge is 0.497 e. The molecule has 0 aromatic heterocycles. The molecule has 2 aliphatic rings. The first kappa shape index (κ1) is 13.0. The van der Waals surface area contributed by atoms with Gasteiger partial charge in [0.05, 0.1) is 7.11 Å². The first-order chi connectivity index (χ1) is 9.24. The maximum atomic E-state index is 12.4. The minimum atomic E-state index is 0.296. The predicted octanol–water partition coefficient (Wildman–Crippen LogP) is 3.48. The maximum Gasteiger partial charge on any atom is 0.140 e. The van der Waals surface area contributed by atoms with Gasteiger partial charge in [0.25, 0.3) is 0 Å². The van der Waals surface area contributed by atoms with E-state index in [4.69, 9.17) is 4.74 Å². The Morgan fingerprint density at radius 2 is 2.05 bits per heavy atom. The molecule has 2 atom stereocenters. The van der Waals surface area contributed by atoms with E-state index >= 15 is 0 Å². The smallest absolute Gasteiger partial charge is 0.140 e. The van der Waals surface area contributed by atoms with Crippen LogP contribution in [-0.4, -0.2) is 23.4 Å². The molecule has 2 nitrogen and oxygen atoms in total. The number of ether oxygens (including phenoxy) is 1. The molecule has 0 N–H and O–H groups in total. The van der Waals surface area contributed by atoms with Crippen LogP contribution >= 0.6 is 11.8 Å². The van der Waals surface area contributed by atoms with Gasteiger partial charge in [-0.1, -0.05) is 12.1 Å². The first-order valence-corrected chi connectivity index (χ1v) is 8.00. The average Bonchev–Trinajstić information content (AvgIpc) is 2.77. The Hall–Kier alpha value is -0.960. The highest BCUT2D eigenvalue weighted by molar-refractivity contribution is 8.00. The van der Waals surface area contributed by atoms with E-state index in [2.05, 4.69) is 11.8 Å². The molecular weight excluding hydrogens is 256 g/mol. The van der Waals surface area contributed by atoms with Crippen LogP contribution in [0.15, 0.2) is 24.3 Å². The summed E-state index contributed by atoms with van der Waals surface area (Å²) in [5.74, 6) is 1.56. The third-order valence-corrected chi connectivity index (χ3v) is 5.88. The number of hydrogen-bond donors (Lipinski definition) is 0. The Kier molecular flexibility index (Phi) is 3.83. The van der Waals surface area contributed by atoms with Crippen molar-refractivity contribution in [1.29, 1.82) is 0 Å². The zero-order valence-corrected chi connectivity index (χ0v) is 12.1. The van der Waals surface area contributed by atoms with Crippen LogP contribution in [-0.2, 0) is 11.2 Å². The summed E-state index contributed by atoms with van der Waals surface area (Å²) in [7, 11) is 1.66. The molecule has 2 heterocycles. The van der Waals surface area contributed by atoms with Crippen LogP contribution in [0.5, 0.6) is 5.75 Å². The van der Waals surface area contributed by atoms with Crippen molar-refractivity contribution < 1.29 is 9.53 Å². The van der Waals surface area contributed by atoms with Crippen LogP contribution in [0.2, 0.25) is 0 Å². The van der Waals surface area contributed by atoms with Gasteiger partial charge in [-0.05, 0) is 43.4 Å². The fraction of sp³-hybridized carbons (Fsp3) is 0.562. The zero-order chi connectivity index (χ0) is 13.2. The third kappa shape index (κ3) is 2.97. The molecule has 0 radical (unpaired) electrons. The van der Waals surface area contributed by atoms with Crippen LogP contribution in [0, 0.1) is 5.92 Å². The Balaban J connectivity index is 1.64. The summed E-state index contributed by atoms with van der Waals surface area (Å²) in [6.45, 7) is 0. The van der Waals surface area contributed by atoms with Crippen molar-refractivity contribution >= 4 is 17.5 Å². The van der Waals surface area contributed by atoms with E-state index in [0.29, 0.717) is 18.1 Å². The van der Waals surface area contributed by atoms with Gasteiger partial charge in [-0.25, -0.2) is 0 Å². The summed E-state index contributed by atoms with van der Waals surface area (Å²) in [5.41, 5.74) is 1.08. The number of rotatable bonds is 4. The van der Waals surface area contributed by atoms with Gasteiger partial charge < -0.3 is 4.74 Å². The summed E-state index contributed by atoms with van der Waals surface area (Å²) in [6, 6.07) is 7.88. The van der Waals surface area contributed by atoms with E-state index in [1.807, 2.05) is 24.3 Å². The number of thioether (sulfide) groups is 1. The molecule has 1 aromatic rings. The summed E-state index contributed by atoms with van der Waals surface area (Å²) in [6.07, 6.45) is 5.40. The van der Waals surface area contributed by atoms with E-state index < -0.39 is 0 Å². The standard InChI is InChI=1S/C16H20O2S/c1-18-13-4-2-3-11(7-13)8-16(17)12-9-14-5-6-15(10-12)19-14/h2-4,7,12,14-15H,5-6,8-10H2,1H3. The lowest BCUT2D eigenvalue weighted by molar-refractivity contribution is -0.122. The lowest BCUT2D eigenvalue weighted by Gasteiger charge is -2.26. The number of Topliss-reactive ketones (excluding diaryl/α,β-unsaturated/α-hetero) is 1. The third-order valence-electron chi connectivity index (χ3n) is 4.26. The molecule has 0 saturated carbocycles. The van der Waals surface area contributed by atoms with E-state index in [9.17, 15) is 4.79 Å². The Labute approximate surface area is 118 Å². The van der Waals surface area contributed by atoms with Gasteiger partial charge >= 0.3 is 0 Å². The quantitative estimate of drug-likeness (QED) is 0.842. The molecule has 0 aliphatic carbocycles. The number of carbonyl (C=O) groups excluding carboxylic acids is 1. The predicted molar refractivity (Wildman–Crippen MR) is 78.8 cm³/mol. The van der Waals surface area contributed by atoms with Crippen molar-refractivity contribution in [2.75, 3.05) is 7.11 Å². The number of carbonyl (C=O) groups is 1. The second-order valence-electron chi connectivity index (χ2n) is 5.62. The van der Waals surface area contributed by atoms with Gasteiger partial charge in [0.15, 0.2) is 0 Å². The van der Waals surface area contributed by atoms with Crippen LogP contribution in [0.3, 0.4) is 0 Å². The van der Waals surface area contributed by atoms with Crippen molar-refractivity contribution in [3.8, 4) is 5.75 Å². The van der Waals surface area contributed by atoms with Gasteiger partial charge in [-0.3, -0.25) is 4.79 Å². The lowest BCUT2D eigenvalue weighted by atomic mass is 9.91. The monoisotopic (exact) mass is 276 g/mol. The van der Waals surface area contributed by atoms with Crippen LogP contribution < -0.4 is 4.74 Å². The molecule has 2 aliphatic heterocycles. The van der Waals surface area contributed by atoms with Gasteiger partial charge in [0.1, 0.15) is 11.5 Å². The lowest BCUT2D eigenvalue weighted by Crippen LogP contribution is -2.25. The molecule has 2 unspecified atom stereocenters. The Morgan fingerprint density at radius 3 is 2.74 bits per heavy atom. The fourth-order valence-electron chi connectivity index (χ4n) is 3.25. The Bertz CT molecular complexity index is 460. The van der Waals surface area contributed by atoms with Crippen molar-refractivity contribution in [3.63, 3.8) is 0 Å². The molecule has 102 valence electrons. The molecule has 3 rings (SSSR count). The van der Waals surface area contributed by atoms with Gasteiger partial charge in [-0.15, -0.1) is 0 Å². The number of hydrogen-bond acceptors (Lipinski definition) is 3. The van der Waals surface area contributed by atoms with Gasteiger partial charge in [0.2, 0.25) is 0 Å². The molecule has 0 spiro atoms. The Morgan fingerprint density at radius 1 is 1.32 bits per heavy atom. The second-order valence-corrected chi connectivity index (χ2v) is 7.23. The van der Waals surface area contributed by atoms with E-state index in [1.165, 1.54) is 12.8 Å². The van der Waals surface area contributed by atoms with Crippen molar-refractivity contribution in [2.24, 2.45) is 5.92 Å². The average molecular weight is 276 g/mol. The normalized spacial score (nSPS) is 29.2. The maximum absolute atomic E-state index is 12.4. The van der Waals surface area contributed by atoms with E-state index in [0.717, 1.165) is 34.7 Å². The molecule has 2 fully saturated rings. The molecule has 3 heteroatoms. The second kappa shape index (κ2) is 5.58. The number of fused-ring (bicyclic) bond motifs is 2. The minimum absolute atomic E-state index is 0.296. The molecule has 2 saturated heterocycles. The zero-order valence-electron chi connectivity index (χ0n) is 11.3. The van der Waals surface area contributed by atoms with Gasteiger partial charge in [0, 0.05) is 22.8 Å². The highest BCUT2D eigenvalue weighted by Crippen LogP contribution is 2.46. The van der Waals surface area contributed by atoms with Crippen molar-refractivity contribution in [1.82, 2.24) is 0 Å². The minimum Gasteiger partial charge on any atom is -0.497 e. The molecule has 19 heavy (non-hydrogen) atoms. The topological polar surface area (TPSA) is 26.3 Å². The summed E-state index contributed by atoms with van der Waals surface area (Å²) in [4.78, 5) is 12.4. The SMILES string of the molecule is COc1cccc(CC(=O)C2CC3CCC(C2)S3)c1. The van der Waals surface area contributed by atoms with Crippen LogP contribution in [0.25, 0.3) is 0 Å². The fourth-order valence-corrected chi connectivity index (χ4v) is 5.02. The molecule has 1 aromatic carbocycles. The van der Waals surface area contributed by atoms with Crippen LogP contribution in [0.4, 0.5) is 0 Å². The molecule has 2 bridgehead atoms. The first-order valence-electron chi connectivity index (χ1n) is 7.05. The van der Waals surface area contributed by atoms with E-state index in [1.54, 1.807) is 7.11 Å². The highest BCUT2D eigenvalue weighted by atomic mass is 32.2. The number of methoxy groups -OCH3 is 1. The van der Waals surface area contributed by atoms with Gasteiger partial charge in [-0.2, -0.15) is 11.8 Å². The summed E-state index contributed by atoms with van der Waals surface area (Å²) < 4.78 is 5.21. The molecule has 0 amide bonds.